The van der Waals surface area contributed by atoms with Gasteiger partial charge in [0, 0.05) is 49.6 Å². The molecule has 1 aromatic carbocycles. The molecule has 0 bridgehead atoms. The van der Waals surface area contributed by atoms with Gasteiger partial charge in [-0.05, 0) is 43.2 Å². The van der Waals surface area contributed by atoms with E-state index < -0.39 is 6.04 Å². The highest BCUT2D eigenvalue weighted by Gasteiger charge is 2.46. The van der Waals surface area contributed by atoms with Gasteiger partial charge in [0.05, 0.1) is 6.04 Å². The van der Waals surface area contributed by atoms with Crippen molar-refractivity contribution < 1.29 is 14.4 Å². The number of aryl methyl sites for hydroxylation is 1. The van der Waals surface area contributed by atoms with Crippen LogP contribution in [0.15, 0.2) is 30.5 Å². The van der Waals surface area contributed by atoms with Gasteiger partial charge in [-0.25, -0.2) is 0 Å². The Labute approximate surface area is 189 Å². The number of aromatic nitrogens is 1. The third kappa shape index (κ3) is 4.66. The average Bonchev–Trinajstić information content (AvgIpc) is 3.33. The lowest BCUT2D eigenvalue weighted by molar-refractivity contribution is -0.154. The molecule has 2 N–H and O–H groups in total. The molecule has 2 aliphatic rings. The Morgan fingerprint density at radius 2 is 2.00 bits per heavy atom. The van der Waals surface area contributed by atoms with Gasteiger partial charge >= 0.3 is 0 Å². The monoisotopic (exact) mass is 438 g/mol. The zero-order chi connectivity index (χ0) is 22.8. The molecule has 7 heteroatoms. The van der Waals surface area contributed by atoms with E-state index in [1.165, 1.54) is 17.9 Å². The van der Waals surface area contributed by atoms with Gasteiger partial charge in [0.25, 0.3) is 0 Å². The number of para-hydroxylation sites is 1. The predicted octanol–water partition coefficient (Wildman–Crippen LogP) is 2.85. The molecule has 0 radical (unpaired) electrons. The Hall–Kier alpha value is -2.83. The van der Waals surface area contributed by atoms with Crippen molar-refractivity contribution in [3.8, 4) is 0 Å². The molecule has 0 saturated carbocycles. The third-order valence-electron chi connectivity index (χ3n) is 6.70. The number of H-pyrrole nitrogens is 1. The number of rotatable bonds is 7. The highest BCUT2D eigenvalue weighted by Crippen LogP contribution is 2.30. The quantitative estimate of drug-likeness (QED) is 0.697. The first kappa shape index (κ1) is 22.4. The van der Waals surface area contributed by atoms with Gasteiger partial charge in [-0.3, -0.25) is 14.4 Å². The van der Waals surface area contributed by atoms with Gasteiger partial charge in [-0.1, -0.05) is 32.0 Å². The summed E-state index contributed by atoms with van der Waals surface area (Å²) in [5.74, 6) is 0.334. The summed E-state index contributed by atoms with van der Waals surface area (Å²) < 4.78 is 0. The number of nitrogens with zero attached hydrogens (tertiary/aromatic N) is 2. The zero-order valence-electron chi connectivity index (χ0n) is 19.3. The summed E-state index contributed by atoms with van der Waals surface area (Å²) in [6.45, 7) is 6.78. The molecule has 3 heterocycles. The van der Waals surface area contributed by atoms with Crippen molar-refractivity contribution in [1.29, 1.82) is 0 Å². The number of hydrogen-bond donors (Lipinski definition) is 2. The van der Waals surface area contributed by atoms with Crippen LogP contribution in [0.4, 0.5) is 0 Å². The molecule has 3 atom stereocenters. The first-order chi connectivity index (χ1) is 15.3. The summed E-state index contributed by atoms with van der Waals surface area (Å²) in [4.78, 5) is 45.1. The van der Waals surface area contributed by atoms with Crippen LogP contribution >= 0.6 is 0 Å². The topological polar surface area (TPSA) is 85.5 Å². The van der Waals surface area contributed by atoms with Crippen molar-refractivity contribution in [3.63, 3.8) is 0 Å². The second-order valence-corrected chi connectivity index (χ2v) is 9.68. The Kier molecular flexibility index (Phi) is 6.53. The van der Waals surface area contributed by atoms with E-state index >= 15 is 0 Å². The van der Waals surface area contributed by atoms with Crippen LogP contribution in [-0.4, -0.2) is 63.7 Å². The standard InChI is InChI=1S/C25H34N4O3/c1-16(2)11-23-25(32)28-14-19(27-17(3)30)12-20(28)15-29(23)24(31)10-6-7-18-13-26-22-9-5-4-8-21(18)22/h4-5,8-9,13,16,19-20,23,26H,6-7,10-12,14-15H2,1-3H3,(H,27,30)/t19-,20-,23-/m0/s1. The Morgan fingerprint density at radius 1 is 1.22 bits per heavy atom. The van der Waals surface area contributed by atoms with E-state index in [-0.39, 0.29) is 29.8 Å². The molecule has 2 aromatic rings. The molecule has 2 saturated heterocycles. The maximum atomic E-state index is 13.3. The number of carbonyl (C=O) groups excluding carboxylic acids is 3. The van der Waals surface area contributed by atoms with Crippen LogP contribution in [0.3, 0.4) is 0 Å². The Bertz CT molecular complexity index is 998. The van der Waals surface area contributed by atoms with Crippen LogP contribution in [0.2, 0.25) is 0 Å². The van der Waals surface area contributed by atoms with Gasteiger partial charge < -0.3 is 20.1 Å². The fourth-order valence-corrected chi connectivity index (χ4v) is 5.29. The van der Waals surface area contributed by atoms with Crippen LogP contribution in [0.1, 0.15) is 52.0 Å². The largest absolute Gasteiger partial charge is 0.361 e. The minimum absolute atomic E-state index is 0.0136. The van der Waals surface area contributed by atoms with E-state index in [9.17, 15) is 14.4 Å². The normalized spacial score (nSPS) is 23.1. The summed E-state index contributed by atoms with van der Waals surface area (Å²) in [5.41, 5.74) is 2.34. The molecule has 0 aliphatic carbocycles. The number of carbonyl (C=O) groups is 3. The zero-order valence-corrected chi connectivity index (χ0v) is 19.3. The smallest absolute Gasteiger partial charge is 0.245 e. The van der Waals surface area contributed by atoms with Crippen LogP contribution in [0, 0.1) is 5.92 Å². The number of hydrogen-bond acceptors (Lipinski definition) is 3. The summed E-state index contributed by atoms with van der Waals surface area (Å²) >= 11 is 0. The minimum atomic E-state index is -0.400. The average molecular weight is 439 g/mol. The van der Waals surface area contributed by atoms with Crippen molar-refractivity contribution in [3.05, 3.63) is 36.0 Å². The highest BCUT2D eigenvalue weighted by molar-refractivity contribution is 5.90. The first-order valence-electron chi connectivity index (χ1n) is 11.8. The second-order valence-electron chi connectivity index (χ2n) is 9.68. The molecular formula is C25H34N4O3. The highest BCUT2D eigenvalue weighted by atomic mass is 16.2. The molecule has 2 aliphatic heterocycles. The molecule has 3 amide bonds. The number of benzene rings is 1. The lowest BCUT2D eigenvalue weighted by Gasteiger charge is -2.43. The fraction of sp³-hybridized carbons (Fsp3) is 0.560. The molecular weight excluding hydrogens is 404 g/mol. The number of amides is 3. The summed E-state index contributed by atoms with van der Waals surface area (Å²) in [6.07, 6.45) is 5.41. The van der Waals surface area contributed by atoms with Crippen LogP contribution in [0.5, 0.6) is 0 Å². The van der Waals surface area contributed by atoms with Crippen molar-refractivity contribution in [1.82, 2.24) is 20.1 Å². The number of aromatic amines is 1. The van der Waals surface area contributed by atoms with E-state index in [4.69, 9.17) is 0 Å². The predicted molar refractivity (Wildman–Crippen MR) is 124 cm³/mol. The molecule has 4 rings (SSSR count). The fourth-order valence-electron chi connectivity index (χ4n) is 5.29. The lowest BCUT2D eigenvalue weighted by atomic mass is 9.96. The summed E-state index contributed by atoms with van der Waals surface area (Å²) in [5, 5.41) is 4.15. The first-order valence-corrected chi connectivity index (χ1v) is 11.8. The van der Waals surface area contributed by atoms with E-state index in [1.54, 1.807) is 0 Å². The van der Waals surface area contributed by atoms with E-state index in [0.717, 1.165) is 18.4 Å². The summed E-state index contributed by atoms with van der Waals surface area (Å²) in [6, 6.07) is 7.76. The molecule has 0 unspecified atom stereocenters. The van der Waals surface area contributed by atoms with E-state index in [0.29, 0.717) is 38.3 Å². The van der Waals surface area contributed by atoms with E-state index in [1.807, 2.05) is 28.1 Å². The number of nitrogens with one attached hydrogen (secondary N) is 2. The Morgan fingerprint density at radius 3 is 2.75 bits per heavy atom. The molecule has 0 spiro atoms. The van der Waals surface area contributed by atoms with Gasteiger partial charge in [0.1, 0.15) is 6.04 Å². The van der Waals surface area contributed by atoms with Gasteiger partial charge in [0.15, 0.2) is 0 Å². The maximum Gasteiger partial charge on any atom is 0.245 e. The van der Waals surface area contributed by atoms with Gasteiger partial charge in [-0.15, -0.1) is 0 Å². The molecule has 1 aromatic heterocycles. The van der Waals surface area contributed by atoms with Crippen molar-refractivity contribution >= 4 is 28.6 Å². The van der Waals surface area contributed by atoms with Crippen LogP contribution in [0.25, 0.3) is 10.9 Å². The lowest BCUT2D eigenvalue weighted by Crippen LogP contribution is -2.61. The molecule has 7 nitrogen and oxygen atoms in total. The van der Waals surface area contributed by atoms with Crippen molar-refractivity contribution in [2.75, 3.05) is 13.1 Å². The number of piperazine rings is 1. The van der Waals surface area contributed by atoms with Crippen molar-refractivity contribution in [2.24, 2.45) is 5.92 Å². The minimum Gasteiger partial charge on any atom is -0.361 e. The second kappa shape index (κ2) is 9.35. The van der Waals surface area contributed by atoms with Crippen LogP contribution < -0.4 is 5.32 Å². The SMILES string of the molecule is CC(=O)N[C@H]1C[C@H]2CN(C(=O)CCCc3c[nH]c4ccccc34)[C@@H](CC(C)C)C(=O)N2C1. The Balaban J connectivity index is 1.42. The molecule has 2 fully saturated rings. The third-order valence-corrected chi connectivity index (χ3v) is 6.70. The maximum absolute atomic E-state index is 13.3. The molecule has 172 valence electrons. The van der Waals surface area contributed by atoms with Crippen LogP contribution in [-0.2, 0) is 20.8 Å². The molecule has 32 heavy (non-hydrogen) atoms. The van der Waals surface area contributed by atoms with Gasteiger partial charge in [-0.2, -0.15) is 0 Å². The van der Waals surface area contributed by atoms with Gasteiger partial charge in [0.2, 0.25) is 17.7 Å². The van der Waals surface area contributed by atoms with Crippen molar-refractivity contribution in [2.45, 2.75) is 71.0 Å². The van der Waals surface area contributed by atoms with E-state index in [2.05, 4.69) is 36.3 Å². The summed E-state index contributed by atoms with van der Waals surface area (Å²) in [7, 11) is 0. The number of fused-ring (bicyclic) bond motifs is 2.